The molecule has 0 saturated carbocycles. The van der Waals surface area contributed by atoms with Crippen molar-refractivity contribution in [1.82, 2.24) is 0 Å². The molecule has 1 N–H and O–H groups in total. The summed E-state index contributed by atoms with van der Waals surface area (Å²) >= 11 is 0. The molecule has 4 atom stereocenters. The Kier molecular flexibility index (Phi) is 7.24. The molecule has 1 heterocycles. The molecule has 1 aliphatic heterocycles. The van der Waals surface area contributed by atoms with Crippen LogP contribution in [0.3, 0.4) is 0 Å². The molecule has 0 radical (unpaired) electrons. The van der Waals surface area contributed by atoms with Gasteiger partial charge in [0.2, 0.25) is 0 Å². The van der Waals surface area contributed by atoms with Gasteiger partial charge in [-0.25, -0.2) is 0 Å². The number of aliphatic hydroxyl groups is 1. The second-order valence-electron chi connectivity index (χ2n) is 8.13. The van der Waals surface area contributed by atoms with E-state index in [0.29, 0.717) is 0 Å². The summed E-state index contributed by atoms with van der Waals surface area (Å²) in [6, 6.07) is 0. The van der Waals surface area contributed by atoms with E-state index in [-0.39, 0.29) is 30.2 Å². The van der Waals surface area contributed by atoms with Crippen LogP contribution < -0.4 is 0 Å². The molecule has 0 spiro atoms. The van der Waals surface area contributed by atoms with Crippen molar-refractivity contribution in [3.05, 3.63) is 35.5 Å². The molecular weight excluding hydrogens is 328 g/mol. The summed E-state index contributed by atoms with van der Waals surface area (Å²) in [5.41, 5.74) is 3.26. The number of hydrogen-bond acceptors (Lipinski definition) is 4. The molecule has 4 nitrogen and oxygen atoms in total. The van der Waals surface area contributed by atoms with E-state index in [9.17, 15) is 9.90 Å². The second-order valence-corrected chi connectivity index (χ2v) is 8.13. The van der Waals surface area contributed by atoms with Crippen LogP contribution in [-0.4, -0.2) is 35.5 Å². The fraction of sp³-hybridized carbons (Fsp3) is 0.682. The van der Waals surface area contributed by atoms with E-state index in [1.54, 1.807) is 0 Å². The van der Waals surface area contributed by atoms with Gasteiger partial charge in [-0.2, -0.15) is 0 Å². The molecule has 0 amide bonds. The van der Waals surface area contributed by atoms with Crippen LogP contribution in [0, 0.1) is 5.92 Å². The van der Waals surface area contributed by atoms with Gasteiger partial charge in [0.15, 0.2) is 0 Å². The van der Waals surface area contributed by atoms with Gasteiger partial charge >= 0.3 is 5.97 Å². The minimum atomic E-state index is -0.611. The molecule has 0 aromatic rings. The normalized spacial score (nSPS) is 33.2. The van der Waals surface area contributed by atoms with Crippen LogP contribution in [0.25, 0.3) is 0 Å². The second kappa shape index (κ2) is 9.01. The smallest absolute Gasteiger partial charge is 0.302 e. The molecule has 26 heavy (non-hydrogen) atoms. The van der Waals surface area contributed by atoms with Gasteiger partial charge in [-0.1, -0.05) is 29.9 Å². The summed E-state index contributed by atoms with van der Waals surface area (Å²) in [5.74, 6) is -0.291. The van der Waals surface area contributed by atoms with Gasteiger partial charge < -0.3 is 14.6 Å². The molecule has 0 bridgehead atoms. The summed E-state index contributed by atoms with van der Waals surface area (Å²) in [4.78, 5) is 11.2. The lowest BCUT2D eigenvalue weighted by Crippen LogP contribution is -2.21. The Morgan fingerprint density at radius 3 is 2.77 bits per heavy atom. The first-order valence-electron chi connectivity index (χ1n) is 9.71. The highest BCUT2D eigenvalue weighted by molar-refractivity contribution is 5.66. The van der Waals surface area contributed by atoms with E-state index >= 15 is 0 Å². The van der Waals surface area contributed by atoms with Crippen molar-refractivity contribution in [1.29, 1.82) is 0 Å². The first-order chi connectivity index (χ1) is 12.2. The number of fused-ring (bicyclic) bond motifs is 1. The van der Waals surface area contributed by atoms with Crippen molar-refractivity contribution in [3.63, 3.8) is 0 Å². The van der Waals surface area contributed by atoms with Gasteiger partial charge in [0.25, 0.3) is 0 Å². The van der Waals surface area contributed by atoms with Crippen molar-refractivity contribution in [2.75, 3.05) is 6.61 Å². The molecule has 1 unspecified atom stereocenters. The Morgan fingerprint density at radius 1 is 1.38 bits per heavy atom. The van der Waals surface area contributed by atoms with Crippen LogP contribution in [0.2, 0.25) is 0 Å². The number of aliphatic hydroxyl groups excluding tert-OH is 1. The molecule has 0 aromatic carbocycles. The average Bonchev–Trinajstić information content (AvgIpc) is 3.19. The van der Waals surface area contributed by atoms with Gasteiger partial charge in [-0.15, -0.1) is 0 Å². The highest BCUT2D eigenvalue weighted by Gasteiger charge is 2.50. The van der Waals surface area contributed by atoms with Crippen LogP contribution >= 0.6 is 0 Å². The predicted octanol–water partition coefficient (Wildman–Crippen LogP) is 4.49. The number of epoxide rings is 1. The molecule has 1 fully saturated rings. The lowest BCUT2D eigenvalue weighted by Gasteiger charge is -2.23. The Balaban J connectivity index is 2.18. The summed E-state index contributed by atoms with van der Waals surface area (Å²) in [6.07, 6.45) is 9.33. The Hall–Kier alpha value is -1.39. The molecule has 146 valence electrons. The number of rotatable bonds is 3. The van der Waals surface area contributed by atoms with E-state index in [2.05, 4.69) is 26.5 Å². The highest BCUT2D eigenvalue weighted by Crippen LogP contribution is 2.43. The van der Waals surface area contributed by atoms with E-state index in [1.807, 2.05) is 13.0 Å². The zero-order valence-corrected chi connectivity index (χ0v) is 16.7. The number of carbonyl (C=O) groups excluding carboxylic acids is 1. The standard InChI is InChI=1S/C22H34O4/c1-15(2)19-10-8-16(3)7-6-12-22(5)21(26-22)11-9-18(13-20(19)24)14-25-17(4)23/h7,13,19-21,24H,1,6,8-12,14H2,2-5H3/t19?,20-,21-,22-/m0/s1. The lowest BCUT2D eigenvalue weighted by molar-refractivity contribution is -0.140. The maximum absolute atomic E-state index is 11.2. The number of esters is 1. The number of hydrogen-bond donors (Lipinski definition) is 1. The first-order valence-corrected chi connectivity index (χ1v) is 9.71. The summed E-state index contributed by atoms with van der Waals surface area (Å²) < 4.78 is 11.1. The molecule has 1 saturated heterocycles. The van der Waals surface area contributed by atoms with E-state index in [4.69, 9.17) is 9.47 Å². The quantitative estimate of drug-likeness (QED) is 0.457. The molecule has 4 heteroatoms. The number of ether oxygens (including phenoxy) is 2. The molecule has 1 aliphatic carbocycles. The third-order valence-electron chi connectivity index (χ3n) is 5.66. The number of carbonyl (C=O) groups is 1. The highest BCUT2D eigenvalue weighted by atomic mass is 16.6. The van der Waals surface area contributed by atoms with Crippen LogP contribution in [0.15, 0.2) is 35.5 Å². The van der Waals surface area contributed by atoms with Gasteiger partial charge in [0.05, 0.1) is 17.8 Å². The summed E-state index contributed by atoms with van der Waals surface area (Å²) in [6.45, 7) is 12.0. The third-order valence-corrected chi connectivity index (χ3v) is 5.66. The Bertz CT molecular complexity index is 589. The van der Waals surface area contributed by atoms with Crippen molar-refractivity contribution >= 4 is 5.97 Å². The zero-order valence-electron chi connectivity index (χ0n) is 16.7. The lowest BCUT2D eigenvalue weighted by atomic mass is 9.87. The van der Waals surface area contributed by atoms with Crippen molar-refractivity contribution < 1.29 is 19.4 Å². The molecule has 2 aliphatic rings. The average molecular weight is 363 g/mol. The minimum Gasteiger partial charge on any atom is -0.461 e. The van der Waals surface area contributed by atoms with Gasteiger partial charge in [-0.3, -0.25) is 4.79 Å². The summed E-state index contributed by atoms with van der Waals surface area (Å²) in [7, 11) is 0. The first kappa shape index (κ1) is 20.9. The molecule has 0 aromatic heterocycles. The van der Waals surface area contributed by atoms with Crippen molar-refractivity contribution in [3.8, 4) is 0 Å². The minimum absolute atomic E-state index is 0.0102. The maximum Gasteiger partial charge on any atom is 0.302 e. The van der Waals surface area contributed by atoms with Crippen molar-refractivity contribution in [2.45, 2.75) is 84.0 Å². The zero-order chi connectivity index (χ0) is 19.3. The van der Waals surface area contributed by atoms with Crippen LogP contribution in [0.1, 0.15) is 66.2 Å². The third kappa shape index (κ3) is 6.10. The number of allylic oxidation sites excluding steroid dienone is 2. The van der Waals surface area contributed by atoms with E-state index in [0.717, 1.165) is 49.7 Å². The summed E-state index contributed by atoms with van der Waals surface area (Å²) in [5, 5.41) is 10.8. The van der Waals surface area contributed by atoms with E-state index < -0.39 is 6.10 Å². The molecule has 2 rings (SSSR count). The molecular formula is C22H34O4. The Labute approximate surface area is 158 Å². The van der Waals surface area contributed by atoms with Crippen LogP contribution in [-0.2, 0) is 14.3 Å². The Morgan fingerprint density at radius 2 is 2.12 bits per heavy atom. The maximum atomic E-state index is 11.2. The van der Waals surface area contributed by atoms with Gasteiger partial charge in [0.1, 0.15) is 6.61 Å². The van der Waals surface area contributed by atoms with Crippen LogP contribution in [0.5, 0.6) is 0 Å². The fourth-order valence-corrected chi connectivity index (χ4v) is 3.75. The van der Waals surface area contributed by atoms with E-state index in [1.165, 1.54) is 12.5 Å². The van der Waals surface area contributed by atoms with Crippen LogP contribution in [0.4, 0.5) is 0 Å². The largest absolute Gasteiger partial charge is 0.461 e. The predicted molar refractivity (Wildman–Crippen MR) is 104 cm³/mol. The van der Waals surface area contributed by atoms with Gasteiger partial charge in [0, 0.05) is 12.8 Å². The SMILES string of the molecule is C=C(C)C1CCC(C)=CCC[C@]2(C)O[C@H]2CCC(COC(C)=O)=C[C@@H]1O. The fourth-order valence-electron chi connectivity index (χ4n) is 3.75. The van der Waals surface area contributed by atoms with Gasteiger partial charge in [-0.05, 0) is 64.9 Å². The monoisotopic (exact) mass is 362 g/mol. The van der Waals surface area contributed by atoms with Crippen molar-refractivity contribution in [2.24, 2.45) is 5.92 Å². The topological polar surface area (TPSA) is 59.1 Å².